The van der Waals surface area contributed by atoms with Crippen molar-refractivity contribution in [3.05, 3.63) is 57.7 Å². The molecule has 1 amide bonds. The van der Waals surface area contributed by atoms with E-state index in [0.717, 1.165) is 23.1 Å². The Labute approximate surface area is 190 Å². The maximum Gasteiger partial charge on any atom is 0.272 e. The topological polar surface area (TPSA) is 76.9 Å². The van der Waals surface area contributed by atoms with Crippen LogP contribution < -0.4 is 10.9 Å². The van der Waals surface area contributed by atoms with Crippen LogP contribution in [0.3, 0.4) is 0 Å². The molecule has 0 unspecified atom stereocenters. The molecule has 3 aromatic heterocycles. The highest BCUT2D eigenvalue weighted by Gasteiger charge is 2.17. The number of nitrogens with zero attached hydrogens (tertiary/aromatic N) is 3. The number of hydrogen-bond donors (Lipinski definition) is 1. The lowest BCUT2D eigenvalue weighted by atomic mass is 10.3. The number of carbonyl (C=O) groups is 1. The van der Waals surface area contributed by atoms with Gasteiger partial charge in [-0.25, -0.2) is 14.4 Å². The molecule has 0 aliphatic heterocycles. The molecule has 0 fully saturated rings. The molecule has 4 aromatic rings. The molecule has 0 aliphatic carbocycles. The predicted octanol–water partition coefficient (Wildman–Crippen LogP) is 5.33. The Balaban J connectivity index is 1.63. The lowest BCUT2D eigenvalue weighted by Gasteiger charge is -2.12. The molecule has 0 atom stereocenters. The molecular weight excluding hydrogens is 459 g/mol. The number of aromatic nitrogens is 3. The number of thioether (sulfide) groups is 1. The van der Waals surface area contributed by atoms with Crippen molar-refractivity contribution in [3.63, 3.8) is 0 Å². The standard InChI is InChI=1S/C21H18ClFN4O2S2/c1-2-3-9-27-20(29)18-17(13-5-4-8-24-19(13)31-18)26-21(27)30-11-16(28)25-12-6-7-15(23)14(22)10-12/h4-8,10H,2-3,9,11H2,1H3,(H,25,28). The van der Waals surface area contributed by atoms with E-state index in [4.69, 9.17) is 16.6 Å². The first-order valence-corrected chi connectivity index (χ1v) is 11.8. The summed E-state index contributed by atoms with van der Waals surface area (Å²) < 4.78 is 15.5. The van der Waals surface area contributed by atoms with Gasteiger partial charge in [-0.2, -0.15) is 0 Å². The molecule has 1 N–H and O–H groups in total. The Hall–Kier alpha value is -2.49. The van der Waals surface area contributed by atoms with Gasteiger partial charge in [-0.05, 0) is 36.8 Å². The Morgan fingerprint density at radius 2 is 2.19 bits per heavy atom. The molecule has 0 spiro atoms. The molecule has 0 radical (unpaired) electrons. The number of anilines is 1. The minimum atomic E-state index is -0.552. The molecule has 6 nitrogen and oxygen atoms in total. The van der Waals surface area contributed by atoms with Gasteiger partial charge in [-0.1, -0.05) is 36.7 Å². The number of pyridine rings is 1. The van der Waals surface area contributed by atoms with Crippen molar-refractivity contribution < 1.29 is 9.18 Å². The minimum Gasteiger partial charge on any atom is -0.325 e. The third-order valence-corrected chi connectivity index (χ3v) is 6.95. The van der Waals surface area contributed by atoms with E-state index in [1.807, 2.05) is 12.1 Å². The molecule has 0 saturated carbocycles. The SMILES string of the molecule is CCCCn1c(SCC(=O)Nc2ccc(F)c(Cl)c2)nc2c(sc3ncccc32)c1=O. The van der Waals surface area contributed by atoms with E-state index in [-0.39, 0.29) is 22.2 Å². The van der Waals surface area contributed by atoms with Crippen LogP contribution in [-0.2, 0) is 11.3 Å². The number of unbranched alkanes of at least 4 members (excludes halogenated alkanes) is 1. The summed E-state index contributed by atoms with van der Waals surface area (Å²) in [6.45, 7) is 2.58. The first-order chi connectivity index (χ1) is 15.0. The molecule has 10 heteroatoms. The molecule has 31 heavy (non-hydrogen) atoms. The maximum atomic E-state index is 13.3. The fourth-order valence-electron chi connectivity index (χ4n) is 3.07. The third-order valence-electron chi connectivity index (χ3n) is 4.59. The number of nitrogens with one attached hydrogen (secondary N) is 1. The number of benzene rings is 1. The first kappa shape index (κ1) is 21.7. The summed E-state index contributed by atoms with van der Waals surface area (Å²) in [7, 11) is 0. The van der Waals surface area contributed by atoms with Crippen molar-refractivity contribution >= 4 is 66.7 Å². The molecule has 4 rings (SSSR count). The number of hydrogen-bond acceptors (Lipinski definition) is 6. The maximum absolute atomic E-state index is 13.3. The highest BCUT2D eigenvalue weighted by atomic mass is 35.5. The third kappa shape index (κ3) is 4.58. The van der Waals surface area contributed by atoms with Crippen LogP contribution >= 0.6 is 34.7 Å². The van der Waals surface area contributed by atoms with E-state index in [1.54, 1.807) is 10.8 Å². The van der Waals surface area contributed by atoms with Gasteiger partial charge in [-0.3, -0.25) is 14.2 Å². The molecular formula is C21H18ClFN4O2S2. The summed E-state index contributed by atoms with van der Waals surface area (Å²) in [5.41, 5.74) is 0.896. The summed E-state index contributed by atoms with van der Waals surface area (Å²) in [5.74, 6) is -0.816. The van der Waals surface area contributed by atoms with E-state index >= 15 is 0 Å². The van der Waals surface area contributed by atoms with Crippen LogP contribution in [0, 0.1) is 5.82 Å². The number of thiophene rings is 1. The van der Waals surface area contributed by atoms with Crippen molar-refractivity contribution in [1.82, 2.24) is 14.5 Å². The van der Waals surface area contributed by atoms with Crippen LogP contribution in [0.25, 0.3) is 20.4 Å². The molecule has 160 valence electrons. The fourth-order valence-corrected chi connectivity index (χ4v) is 5.10. The highest BCUT2D eigenvalue weighted by molar-refractivity contribution is 7.99. The summed E-state index contributed by atoms with van der Waals surface area (Å²) in [6, 6.07) is 7.69. The zero-order valence-electron chi connectivity index (χ0n) is 16.5. The molecule has 3 heterocycles. The summed E-state index contributed by atoms with van der Waals surface area (Å²) in [4.78, 5) is 35.4. The van der Waals surface area contributed by atoms with E-state index in [1.165, 1.54) is 41.3 Å². The average molecular weight is 477 g/mol. The normalized spacial score (nSPS) is 11.3. The van der Waals surface area contributed by atoms with E-state index in [0.29, 0.717) is 27.6 Å². The molecule has 1 aromatic carbocycles. The van der Waals surface area contributed by atoms with Crippen LogP contribution in [0.15, 0.2) is 46.5 Å². The second kappa shape index (κ2) is 9.33. The molecule has 0 aliphatic rings. The van der Waals surface area contributed by atoms with Crippen molar-refractivity contribution in [1.29, 1.82) is 0 Å². The highest BCUT2D eigenvalue weighted by Crippen LogP contribution is 2.30. The smallest absolute Gasteiger partial charge is 0.272 e. The zero-order chi connectivity index (χ0) is 22.0. The molecule has 0 saturated heterocycles. The van der Waals surface area contributed by atoms with Gasteiger partial charge in [0.2, 0.25) is 5.91 Å². The summed E-state index contributed by atoms with van der Waals surface area (Å²) in [5, 5.41) is 3.94. The number of amides is 1. The first-order valence-electron chi connectivity index (χ1n) is 9.63. The summed E-state index contributed by atoms with van der Waals surface area (Å²) >= 11 is 8.29. The van der Waals surface area contributed by atoms with Crippen molar-refractivity contribution in [2.75, 3.05) is 11.1 Å². The van der Waals surface area contributed by atoms with E-state index in [2.05, 4.69) is 17.2 Å². The van der Waals surface area contributed by atoms with Crippen LogP contribution in [0.1, 0.15) is 19.8 Å². The summed E-state index contributed by atoms with van der Waals surface area (Å²) in [6.07, 6.45) is 3.44. The minimum absolute atomic E-state index is 0.0411. The second-order valence-corrected chi connectivity index (χ2v) is 9.16. The zero-order valence-corrected chi connectivity index (χ0v) is 18.9. The number of carbonyl (C=O) groups excluding carboxylic acids is 1. The number of halogens is 2. The van der Waals surface area contributed by atoms with Gasteiger partial charge in [-0.15, -0.1) is 11.3 Å². The Kier molecular flexibility index (Phi) is 6.54. The van der Waals surface area contributed by atoms with Gasteiger partial charge in [0, 0.05) is 23.8 Å². The van der Waals surface area contributed by atoms with Crippen LogP contribution in [-0.4, -0.2) is 26.2 Å². The van der Waals surface area contributed by atoms with E-state index in [9.17, 15) is 14.0 Å². The fraction of sp³-hybridized carbons (Fsp3) is 0.238. The van der Waals surface area contributed by atoms with Crippen LogP contribution in [0.5, 0.6) is 0 Å². The monoisotopic (exact) mass is 476 g/mol. The Bertz CT molecular complexity index is 1340. The Morgan fingerprint density at radius 3 is 2.97 bits per heavy atom. The van der Waals surface area contributed by atoms with Crippen molar-refractivity contribution in [3.8, 4) is 0 Å². The van der Waals surface area contributed by atoms with Gasteiger partial charge in [0.25, 0.3) is 5.56 Å². The lowest BCUT2D eigenvalue weighted by Crippen LogP contribution is -2.23. The van der Waals surface area contributed by atoms with Gasteiger partial charge >= 0.3 is 0 Å². The predicted molar refractivity (Wildman–Crippen MR) is 125 cm³/mol. The van der Waals surface area contributed by atoms with Gasteiger partial charge in [0.1, 0.15) is 15.3 Å². The van der Waals surface area contributed by atoms with Gasteiger partial charge in [0.15, 0.2) is 5.16 Å². The quantitative estimate of drug-likeness (QED) is 0.288. The van der Waals surface area contributed by atoms with E-state index < -0.39 is 5.82 Å². The van der Waals surface area contributed by atoms with Gasteiger partial charge < -0.3 is 5.32 Å². The second-order valence-electron chi connectivity index (χ2n) is 6.81. The van der Waals surface area contributed by atoms with Gasteiger partial charge in [0.05, 0.1) is 16.3 Å². The number of fused-ring (bicyclic) bond motifs is 3. The largest absolute Gasteiger partial charge is 0.325 e. The van der Waals surface area contributed by atoms with Crippen LogP contribution in [0.2, 0.25) is 5.02 Å². The van der Waals surface area contributed by atoms with Crippen molar-refractivity contribution in [2.45, 2.75) is 31.5 Å². The number of rotatable bonds is 7. The Morgan fingerprint density at radius 1 is 1.35 bits per heavy atom. The molecule has 0 bridgehead atoms. The van der Waals surface area contributed by atoms with Crippen LogP contribution in [0.4, 0.5) is 10.1 Å². The lowest BCUT2D eigenvalue weighted by molar-refractivity contribution is -0.113. The van der Waals surface area contributed by atoms with Crippen molar-refractivity contribution in [2.24, 2.45) is 0 Å². The average Bonchev–Trinajstić information content (AvgIpc) is 3.13.